The van der Waals surface area contributed by atoms with Gasteiger partial charge in [0.05, 0.1) is 41.2 Å². The van der Waals surface area contributed by atoms with Gasteiger partial charge in [-0.3, -0.25) is 9.80 Å². The zero-order chi connectivity index (χ0) is 34.2. The lowest BCUT2D eigenvalue weighted by atomic mass is 9.72. The van der Waals surface area contributed by atoms with Crippen LogP contribution < -0.4 is 18.9 Å². The summed E-state index contributed by atoms with van der Waals surface area (Å²) in [6.45, 7) is 11.6. The predicted octanol–water partition coefficient (Wildman–Crippen LogP) is 7.25. The molecule has 0 amide bonds. The number of benzene rings is 2. The first-order valence-electron chi connectivity index (χ1n) is 18.6. The summed E-state index contributed by atoms with van der Waals surface area (Å²) < 4.78 is 29.1. The van der Waals surface area contributed by atoms with Gasteiger partial charge in [-0.1, -0.05) is 46.5 Å². The number of unbranched alkanes of at least 4 members (excludes halogenated alkanes) is 1. The molecule has 3 aliphatic rings. The third-order valence-electron chi connectivity index (χ3n) is 11.6. The zero-order valence-corrected chi connectivity index (χ0v) is 30.8. The van der Waals surface area contributed by atoms with Crippen molar-refractivity contribution in [2.75, 3.05) is 67.8 Å². The number of hydrogen-bond acceptors (Lipinski definition) is 8. The van der Waals surface area contributed by atoms with E-state index in [0.29, 0.717) is 36.9 Å². The van der Waals surface area contributed by atoms with Crippen molar-refractivity contribution in [1.82, 2.24) is 9.80 Å². The van der Waals surface area contributed by atoms with Crippen molar-refractivity contribution in [2.45, 2.75) is 96.7 Å². The molecule has 3 aliphatic heterocycles. The smallest absolute Gasteiger partial charge is 0.161 e. The topological polar surface area (TPSA) is 72.9 Å². The van der Waals surface area contributed by atoms with E-state index in [-0.39, 0.29) is 6.04 Å². The van der Waals surface area contributed by atoms with Crippen molar-refractivity contribution in [2.24, 2.45) is 17.8 Å². The van der Waals surface area contributed by atoms with Crippen molar-refractivity contribution in [3.05, 3.63) is 46.5 Å². The van der Waals surface area contributed by atoms with Gasteiger partial charge in [-0.05, 0) is 96.4 Å². The van der Waals surface area contributed by atoms with Crippen LogP contribution in [0, 0.1) is 17.8 Å². The fraction of sp³-hybridized carbons (Fsp3) is 0.700. The van der Waals surface area contributed by atoms with Crippen LogP contribution in [-0.2, 0) is 17.6 Å². The second kappa shape index (κ2) is 17.4. The monoisotopic (exact) mass is 666 g/mol. The second-order valence-corrected chi connectivity index (χ2v) is 14.3. The molecular formula is C40H62N2O6. The molecule has 3 heterocycles. The highest BCUT2D eigenvalue weighted by molar-refractivity contribution is 5.51. The van der Waals surface area contributed by atoms with Crippen molar-refractivity contribution in [3.63, 3.8) is 0 Å². The lowest BCUT2D eigenvalue weighted by Crippen LogP contribution is -2.48. The van der Waals surface area contributed by atoms with E-state index in [1.807, 2.05) is 0 Å². The summed E-state index contributed by atoms with van der Waals surface area (Å²) in [7, 11) is 6.88. The zero-order valence-electron chi connectivity index (χ0n) is 30.8. The maximum Gasteiger partial charge on any atom is 0.161 e. The van der Waals surface area contributed by atoms with Crippen LogP contribution in [0.25, 0.3) is 0 Å². The maximum atomic E-state index is 11.3. The van der Waals surface area contributed by atoms with Crippen molar-refractivity contribution < 1.29 is 28.8 Å². The van der Waals surface area contributed by atoms with Gasteiger partial charge in [-0.15, -0.1) is 0 Å². The van der Waals surface area contributed by atoms with Crippen LogP contribution in [0.1, 0.15) is 100 Å². The largest absolute Gasteiger partial charge is 0.493 e. The van der Waals surface area contributed by atoms with Crippen molar-refractivity contribution in [1.29, 1.82) is 0 Å². The fourth-order valence-electron chi connectivity index (χ4n) is 8.71. The van der Waals surface area contributed by atoms with Gasteiger partial charge in [0.25, 0.3) is 0 Å². The fourth-order valence-corrected chi connectivity index (χ4v) is 8.71. The summed E-state index contributed by atoms with van der Waals surface area (Å²) in [6.07, 6.45) is 9.49. The number of piperidine rings is 1. The Hall–Kier alpha value is -2.52. The first-order chi connectivity index (χ1) is 23.4. The van der Waals surface area contributed by atoms with E-state index in [1.54, 1.807) is 28.4 Å². The molecule has 1 N–H and O–H groups in total. The molecule has 268 valence electrons. The van der Waals surface area contributed by atoms with Crippen molar-refractivity contribution in [3.8, 4) is 23.0 Å². The van der Waals surface area contributed by atoms with E-state index in [9.17, 15) is 5.11 Å². The summed E-state index contributed by atoms with van der Waals surface area (Å²) in [5, 5.41) is 11.3. The molecule has 1 saturated heterocycles. The highest BCUT2D eigenvalue weighted by Crippen LogP contribution is 2.49. The SMILES string of the molecule is CCCCC(CC)COCC(O)CN1CCc2cc(OC)c(OC)cc2[C@H]1C[C@H]1C[C@H]2c3cc(OC)c(OC)cc3CCN2C[C@@H]1CC. The second-order valence-electron chi connectivity index (χ2n) is 14.3. The summed E-state index contributed by atoms with van der Waals surface area (Å²) >= 11 is 0. The van der Waals surface area contributed by atoms with Crippen LogP contribution >= 0.6 is 0 Å². The number of β-amino-alcohol motifs (C(OH)–C–C–N with tert-alkyl or cyclic N) is 1. The average molecular weight is 667 g/mol. The molecule has 0 aromatic heterocycles. The average Bonchev–Trinajstić information content (AvgIpc) is 3.12. The molecule has 2 aromatic carbocycles. The van der Waals surface area contributed by atoms with E-state index in [4.69, 9.17) is 23.7 Å². The van der Waals surface area contributed by atoms with Gasteiger partial charge in [0.15, 0.2) is 23.0 Å². The van der Waals surface area contributed by atoms with E-state index in [2.05, 4.69) is 54.8 Å². The van der Waals surface area contributed by atoms with E-state index in [1.165, 1.54) is 41.5 Å². The minimum atomic E-state index is -0.533. The Labute approximate surface area is 290 Å². The lowest BCUT2D eigenvalue weighted by molar-refractivity contribution is -0.0136. The van der Waals surface area contributed by atoms with Gasteiger partial charge in [0, 0.05) is 44.9 Å². The molecule has 8 nitrogen and oxygen atoms in total. The number of nitrogens with zero attached hydrogens (tertiary/aromatic N) is 2. The molecule has 0 aliphatic carbocycles. The van der Waals surface area contributed by atoms with E-state index >= 15 is 0 Å². The number of methoxy groups -OCH3 is 4. The van der Waals surface area contributed by atoms with Crippen LogP contribution in [0.4, 0.5) is 0 Å². The van der Waals surface area contributed by atoms with Gasteiger partial charge in [0.2, 0.25) is 0 Å². The van der Waals surface area contributed by atoms with E-state index < -0.39 is 6.10 Å². The minimum absolute atomic E-state index is 0.176. The molecule has 2 unspecified atom stereocenters. The highest BCUT2D eigenvalue weighted by atomic mass is 16.5. The van der Waals surface area contributed by atoms with Gasteiger partial charge in [-0.2, -0.15) is 0 Å². The molecule has 0 radical (unpaired) electrons. The number of fused-ring (bicyclic) bond motifs is 4. The summed E-state index contributed by atoms with van der Waals surface area (Å²) in [6, 6.07) is 9.35. The number of aliphatic hydroxyl groups excluding tert-OH is 1. The third-order valence-corrected chi connectivity index (χ3v) is 11.6. The first-order valence-corrected chi connectivity index (χ1v) is 18.6. The van der Waals surface area contributed by atoms with Gasteiger partial charge in [-0.25, -0.2) is 0 Å². The Morgan fingerprint density at radius 2 is 1.42 bits per heavy atom. The Morgan fingerprint density at radius 1 is 0.792 bits per heavy atom. The van der Waals surface area contributed by atoms with Gasteiger partial charge in [0.1, 0.15) is 0 Å². The molecular weight excluding hydrogens is 604 g/mol. The van der Waals surface area contributed by atoms with Crippen LogP contribution in [0.3, 0.4) is 0 Å². The third kappa shape index (κ3) is 8.26. The summed E-state index contributed by atoms with van der Waals surface area (Å²) in [5.41, 5.74) is 5.41. The number of aliphatic hydroxyl groups is 1. The predicted molar refractivity (Wildman–Crippen MR) is 192 cm³/mol. The molecule has 8 heteroatoms. The molecule has 6 atom stereocenters. The molecule has 1 fully saturated rings. The Kier molecular flexibility index (Phi) is 13.3. The number of rotatable bonds is 17. The first kappa shape index (κ1) is 36.8. The minimum Gasteiger partial charge on any atom is -0.493 e. The molecule has 0 saturated carbocycles. The standard InChI is InChI=1S/C40H62N2O6/c1-8-11-12-27(9-2)25-48-26-32(43)24-42-16-14-30-20-38(45-5)40(47-7)22-34(30)36(42)18-31-17-35-33-21-39(46-6)37(44-4)19-29(33)13-15-41(35)23-28(31)10-3/h19-22,27-28,31-32,35-36,43H,8-18,23-26H2,1-7H3/t27?,28-,31+,32?,35-,36+/m0/s1. The van der Waals surface area contributed by atoms with Gasteiger partial charge >= 0.3 is 0 Å². The molecule has 48 heavy (non-hydrogen) atoms. The van der Waals surface area contributed by atoms with Gasteiger partial charge < -0.3 is 28.8 Å². The number of ether oxygens (including phenoxy) is 5. The maximum absolute atomic E-state index is 11.3. The summed E-state index contributed by atoms with van der Waals surface area (Å²) in [4.78, 5) is 5.24. The Morgan fingerprint density at radius 3 is 2.04 bits per heavy atom. The lowest BCUT2D eigenvalue weighted by Gasteiger charge is -2.49. The van der Waals surface area contributed by atoms with Crippen LogP contribution in [0.15, 0.2) is 24.3 Å². The molecule has 5 rings (SSSR count). The van der Waals surface area contributed by atoms with Crippen LogP contribution in [0.2, 0.25) is 0 Å². The van der Waals surface area contributed by atoms with Crippen LogP contribution in [0.5, 0.6) is 23.0 Å². The van der Waals surface area contributed by atoms with Crippen LogP contribution in [-0.4, -0.2) is 88.8 Å². The Balaban J connectivity index is 1.39. The van der Waals surface area contributed by atoms with E-state index in [0.717, 1.165) is 87.8 Å². The van der Waals surface area contributed by atoms with Crippen molar-refractivity contribution >= 4 is 0 Å². The number of hydrogen-bond donors (Lipinski definition) is 1. The quantitative estimate of drug-likeness (QED) is 0.189. The highest BCUT2D eigenvalue weighted by Gasteiger charge is 2.41. The molecule has 0 spiro atoms. The Bertz CT molecular complexity index is 1320. The molecule has 2 aromatic rings. The summed E-state index contributed by atoms with van der Waals surface area (Å²) in [5.74, 6) is 4.89. The molecule has 0 bridgehead atoms. The normalized spacial score (nSPS) is 23.8.